The van der Waals surface area contributed by atoms with Gasteiger partial charge in [-0.3, -0.25) is 0 Å². The second-order valence-electron chi connectivity index (χ2n) is 2.98. The Balaban J connectivity index is 2.96. The van der Waals surface area contributed by atoms with Gasteiger partial charge in [-0.1, -0.05) is 29.8 Å². The summed E-state index contributed by atoms with van der Waals surface area (Å²) in [6, 6.07) is 2.31. The van der Waals surface area contributed by atoms with Crippen LogP contribution in [0, 0.1) is 6.92 Å². The highest BCUT2D eigenvalue weighted by molar-refractivity contribution is 9.09. The van der Waals surface area contributed by atoms with Crippen molar-refractivity contribution < 1.29 is 0 Å². The van der Waals surface area contributed by atoms with Crippen molar-refractivity contribution in [3.05, 3.63) is 21.4 Å². The minimum atomic E-state index is 0.561. The van der Waals surface area contributed by atoms with Crippen LogP contribution in [0.25, 0.3) is 0 Å². The molecular formula is C10H15BrS. The lowest BCUT2D eigenvalue weighted by Gasteiger charge is -2.05. The lowest BCUT2D eigenvalue weighted by Crippen LogP contribution is -1.87. The summed E-state index contributed by atoms with van der Waals surface area (Å²) in [4.78, 5) is 3.52. The fourth-order valence-electron chi connectivity index (χ4n) is 1.31. The first-order valence-electron chi connectivity index (χ1n) is 4.42. The van der Waals surface area contributed by atoms with Gasteiger partial charge in [0.1, 0.15) is 0 Å². The Bertz CT molecular complexity index is 252. The summed E-state index contributed by atoms with van der Waals surface area (Å²) in [6.07, 6.45) is 2.33. The van der Waals surface area contributed by atoms with Crippen LogP contribution in [0.15, 0.2) is 6.07 Å². The minimum Gasteiger partial charge on any atom is -0.144 e. The van der Waals surface area contributed by atoms with Crippen molar-refractivity contribution in [1.82, 2.24) is 0 Å². The van der Waals surface area contributed by atoms with Crippen LogP contribution in [-0.2, 0) is 6.42 Å². The van der Waals surface area contributed by atoms with Gasteiger partial charge in [0.15, 0.2) is 0 Å². The monoisotopic (exact) mass is 246 g/mol. The zero-order valence-corrected chi connectivity index (χ0v) is 10.3. The van der Waals surface area contributed by atoms with E-state index in [1.165, 1.54) is 21.7 Å². The Labute approximate surface area is 87.1 Å². The van der Waals surface area contributed by atoms with Crippen LogP contribution < -0.4 is 0 Å². The third-order valence-corrected chi connectivity index (χ3v) is 4.60. The minimum absolute atomic E-state index is 0.561. The van der Waals surface area contributed by atoms with Gasteiger partial charge < -0.3 is 0 Å². The summed E-state index contributed by atoms with van der Waals surface area (Å²) in [6.45, 7) is 6.62. The van der Waals surface area contributed by atoms with Gasteiger partial charge in [-0.2, -0.15) is 0 Å². The van der Waals surface area contributed by atoms with E-state index in [1.54, 1.807) is 0 Å². The van der Waals surface area contributed by atoms with E-state index in [4.69, 9.17) is 0 Å². The highest BCUT2D eigenvalue weighted by Gasteiger charge is 2.12. The fourth-order valence-corrected chi connectivity index (χ4v) is 3.06. The molecule has 12 heavy (non-hydrogen) atoms. The third kappa shape index (κ3) is 2.11. The van der Waals surface area contributed by atoms with Crippen LogP contribution >= 0.6 is 27.3 Å². The van der Waals surface area contributed by atoms with Gasteiger partial charge in [0.25, 0.3) is 0 Å². The lowest BCUT2D eigenvalue weighted by molar-refractivity contribution is 0.911. The molecular weight excluding hydrogens is 232 g/mol. The molecule has 1 heterocycles. The molecule has 1 atom stereocenters. The molecule has 0 radical (unpaired) electrons. The summed E-state index contributed by atoms with van der Waals surface area (Å²) < 4.78 is 0. The number of rotatable bonds is 3. The van der Waals surface area contributed by atoms with Gasteiger partial charge in [-0.25, -0.2) is 0 Å². The Morgan fingerprint density at radius 1 is 1.50 bits per heavy atom. The van der Waals surface area contributed by atoms with Crippen LogP contribution in [0.1, 0.15) is 40.4 Å². The van der Waals surface area contributed by atoms with E-state index in [2.05, 4.69) is 42.8 Å². The summed E-state index contributed by atoms with van der Waals surface area (Å²) in [5.41, 5.74) is 1.52. The SMILES string of the molecule is CCc1cc(C)sc1C(Br)CC. The van der Waals surface area contributed by atoms with Crippen molar-refractivity contribution in [2.45, 2.75) is 38.4 Å². The van der Waals surface area contributed by atoms with Crippen molar-refractivity contribution in [3.63, 3.8) is 0 Å². The molecule has 0 saturated carbocycles. The van der Waals surface area contributed by atoms with Crippen molar-refractivity contribution >= 4 is 27.3 Å². The van der Waals surface area contributed by atoms with E-state index in [1.807, 2.05) is 11.3 Å². The zero-order valence-electron chi connectivity index (χ0n) is 7.86. The molecule has 1 aromatic rings. The molecule has 1 rings (SSSR count). The molecule has 0 aliphatic rings. The maximum Gasteiger partial charge on any atom is 0.0489 e. The molecule has 0 aromatic carbocycles. The van der Waals surface area contributed by atoms with E-state index >= 15 is 0 Å². The van der Waals surface area contributed by atoms with Gasteiger partial charge in [0.05, 0.1) is 0 Å². The van der Waals surface area contributed by atoms with E-state index in [0.29, 0.717) is 4.83 Å². The Kier molecular flexibility index (Phi) is 3.78. The number of halogens is 1. The molecule has 0 aliphatic heterocycles. The Morgan fingerprint density at radius 2 is 2.17 bits per heavy atom. The molecule has 0 amide bonds. The van der Waals surface area contributed by atoms with Gasteiger partial charge in [0, 0.05) is 14.6 Å². The second kappa shape index (κ2) is 4.43. The van der Waals surface area contributed by atoms with Crippen LogP contribution in [0.4, 0.5) is 0 Å². The van der Waals surface area contributed by atoms with E-state index in [-0.39, 0.29) is 0 Å². The topological polar surface area (TPSA) is 0 Å². The van der Waals surface area contributed by atoms with Gasteiger partial charge >= 0.3 is 0 Å². The van der Waals surface area contributed by atoms with Gasteiger partial charge in [0.2, 0.25) is 0 Å². The molecule has 0 spiro atoms. The number of hydrogen-bond donors (Lipinski definition) is 0. The molecule has 1 aromatic heterocycles. The number of thiophene rings is 1. The first kappa shape index (κ1) is 10.3. The summed E-state index contributed by atoms with van der Waals surface area (Å²) in [5, 5.41) is 0. The summed E-state index contributed by atoms with van der Waals surface area (Å²) in [5.74, 6) is 0. The van der Waals surface area contributed by atoms with Gasteiger partial charge in [-0.15, -0.1) is 11.3 Å². The standard InChI is InChI=1S/C10H15BrS/c1-4-8-6-7(3)12-10(8)9(11)5-2/h6,9H,4-5H2,1-3H3. The molecule has 0 aliphatic carbocycles. The molecule has 1 unspecified atom stereocenters. The van der Waals surface area contributed by atoms with Gasteiger partial charge in [-0.05, 0) is 31.4 Å². The van der Waals surface area contributed by atoms with Crippen LogP contribution in [0.5, 0.6) is 0 Å². The summed E-state index contributed by atoms with van der Waals surface area (Å²) >= 11 is 5.63. The number of alkyl halides is 1. The predicted octanol–water partition coefficient (Wildman–Crippen LogP) is 4.46. The average molecular weight is 247 g/mol. The predicted molar refractivity (Wildman–Crippen MR) is 60.4 cm³/mol. The molecule has 0 nitrogen and oxygen atoms in total. The first-order chi connectivity index (χ1) is 5.69. The molecule has 0 bridgehead atoms. The quantitative estimate of drug-likeness (QED) is 0.691. The maximum atomic E-state index is 3.70. The van der Waals surface area contributed by atoms with Crippen LogP contribution in [0.2, 0.25) is 0 Å². The molecule has 2 heteroatoms. The molecule has 68 valence electrons. The highest BCUT2D eigenvalue weighted by Crippen LogP contribution is 2.35. The number of aryl methyl sites for hydroxylation is 2. The largest absolute Gasteiger partial charge is 0.144 e. The van der Waals surface area contributed by atoms with E-state index < -0.39 is 0 Å². The lowest BCUT2D eigenvalue weighted by atomic mass is 10.1. The maximum absolute atomic E-state index is 3.70. The Hall–Kier alpha value is 0.180. The van der Waals surface area contributed by atoms with Crippen molar-refractivity contribution in [2.75, 3.05) is 0 Å². The Morgan fingerprint density at radius 3 is 2.67 bits per heavy atom. The normalized spacial score (nSPS) is 13.3. The van der Waals surface area contributed by atoms with Crippen LogP contribution in [-0.4, -0.2) is 0 Å². The molecule has 0 N–H and O–H groups in total. The molecule has 0 saturated heterocycles. The van der Waals surface area contributed by atoms with E-state index in [9.17, 15) is 0 Å². The van der Waals surface area contributed by atoms with Crippen LogP contribution in [0.3, 0.4) is 0 Å². The second-order valence-corrected chi connectivity index (χ2v) is 5.37. The van der Waals surface area contributed by atoms with Crippen molar-refractivity contribution in [2.24, 2.45) is 0 Å². The molecule has 0 fully saturated rings. The van der Waals surface area contributed by atoms with Crippen molar-refractivity contribution in [1.29, 1.82) is 0 Å². The third-order valence-electron chi connectivity index (χ3n) is 1.99. The van der Waals surface area contributed by atoms with E-state index in [0.717, 1.165) is 6.42 Å². The highest BCUT2D eigenvalue weighted by atomic mass is 79.9. The first-order valence-corrected chi connectivity index (χ1v) is 6.15. The zero-order chi connectivity index (χ0) is 9.14. The smallest absolute Gasteiger partial charge is 0.0489 e. The number of hydrogen-bond acceptors (Lipinski definition) is 1. The fraction of sp³-hybridized carbons (Fsp3) is 0.600. The average Bonchev–Trinajstić information content (AvgIpc) is 2.45. The van der Waals surface area contributed by atoms with Crippen molar-refractivity contribution in [3.8, 4) is 0 Å². The summed E-state index contributed by atoms with van der Waals surface area (Å²) in [7, 11) is 0.